The topological polar surface area (TPSA) is 34.1 Å². The normalized spacial score (nSPS) is 9.61. The summed E-state index contributed by atoms with van der Waals surface area (Å²) >= 11 is 0. The summed E-state index contributed by atoms with van der Waals surface area (Å²) in [5, 5.41) is 0. The van der Waals surface area contributed by atoms with E-state index in [1.165, 1.54) is 18.4 Å². The first-order chi connectivity index (χ1) is 15.3. The summed E-state index contributed by atoms with van der Waals surface area (Å²) in [5.41, 5.74) is 1.44. The van der Waals surface area contributed by atoms with Gasteiger partial charge in [-0.05, 0) is 62.3 Å². The Balaban J connectivity index is -0.000000170. The Hall–Kier alpha value is -1.44. The van der Waals surface area contributed by atoms with Gasteiger partial charge in [0, 0.05) is 12.8 Å². The smallest absolute Gasteiger partial charge is 0.129 e. The average Bonchev–Trinajstić information content (AvgIpc) is 2.74. The Morgan fingerprint density at radius 3 is 1.15 bits per heavy atom. The van der Waals surface area contributed by atoms with Crippen LogP contribution in [-0.4, -0.2) is 11.6 Å². The van der Waals surface area contributed by atoms with Gasteiger partial charge >= 0.3 is 0 Å². The monoisotopic (exact) mass is 464 g/mol. The fraction of sp³-hybridized carbons (Fsp3) is 0.742. The first-order valence-electron chi connectivity index (χ1n) is 13.3. The van der Waals surface area contributed by atoms with Gasteiger partial charge in [0.2, 0.25) is 0 Å². The van der Waals surface area contributed by atoms with Crippen LogP contribution in [0, 0.1) is 23.7 Å². The lowest BCUT2D eigenvalue weighted by atomic mass is 10.0. The van der Waals surface area contributed by atoms with E-state index in [1.54, 1.807) is 13.8 Å². The van der Waals surface area contributed by atoms with Gasteiger partial charge < -0.3 is 9.59 Å². The predicted molar refractivity (Wildman–Crippen MR) is 151 cm³/mol. The molecule has 2 heteroatoms. The van der Waals surface area contributed by atoms with Crippen molar-refractivity contribution in [3.8, 4) is 0 Å². The highest BCUT2D eigenvalue weighted by Crippen LogP contribution is 2.06. The van der Waals surface area contributed by atoms with Crippen molar-refractivity contribution in [2.24, 2.45) is 23.7 Å². The lowest BCUT2D eigenvalue weighted by Gasteiger charge is -2.02. The van der Waals surface area contributed by atoms with Crippen LogP contribution in [0.2, 0.25) is 0 Å². The molecule has 0 saturated heterocycles. The molecule has 1 rings (SSSR count). The van der Waals surface area contributed by atoms with E-state index in [-0.39, 0.29) is 0 Å². The molecule has 2 nitrogen and oxygen atoms in total. The van der Waals surface area contributed by atoms with Gasteiger partial charge in [-0.25, -0.2) is 0 Å². The highest BCUT2D eigenvalue weighted by Gasteiger charge is 1.96. The summed E-state index contributed by atoms with van der Waals surface area (Å²) in [6.45, 7) is 26.9. The number of ketones is 2. The first-order valence-corrected chi connectivity index (χ1v) is 13.3. The SMILES string of the molecule is CC.CC(=O)CCC(C)C.CC(=O)CCC(C)C.CC(C)Cc1ccccc1.CCC(C)C. The van der Waals surface area contributed by atoms with E-state index in [0.29, 0.717) is 23.4 Å². The van der Waals surface area contributed by atoms with Gasteiger partial charge in [-0.1, -0.05) is 113 Å². The molecule has 0 spiro atoms. The quantitative estimate of drug-likeness (QED) is 0.364. The molecule has 0 unspecified atom stereocenters. The molecule has 0 radical (unpaired) electrons. The zero-order valence-electron chi connectivity index (χ0n) is 24.8. The third-order valence-corrected chi connectivity index (χ3v) is 4.45. The maximum Gasteiger partial charge on any atom is 0.129 e. The lowest BCUT2D eigenvalue weighted by molar-refractivity contribution is -0.118. The minimum absolute atomic E-state index is 0.304. The number of hydrogen-bond acceptors (Lipinski definition) is 2. The van der Waals surface area contributed by atoms with Crippen molar-refractivity contribution in [1.29, 1.82) is 0 Å². The predicted octanol–water partition coefficient (Wildman–Crippen LogP) is 9.99. The number of benzene rings is 1. The minimum Gasteiger partial charge on any atom is -0.300 e. The fourth-order valence-electron chi connectivity index (χ4n) is 2.07. The Labute approximate surface area is 209 Å². The molecule has 1 aromatic rings. The van der Waals surface area contributed by atoms with Crippen LogP contribution in [0.5, 0.6) is 0 Å². The third-order valence-electron chi connectivity index (χ3n) is 4.45. The van der Waals surface area contributed by atoms with Crippen molar-refractivity contribution in [2.45, 2.75) is 129 Å². The summed E-state index contributed by atoms with van der Waals surface area (Å²) in [5.74, 6) is 3.59. The van der Waals surface area contributed by atoms with Crippen LogP contribution in [0.25, 0.3) is 0 Å². The fourth-order valence-corrected chi connectivity index (χ4v) is 2.07. The first kappa shape index (κ1) is 38.8. The van der Waals surface area contributed by atoms with Gasteiger partial charge in [0.25, 0.3) is 0 Å². The van der Waals surface area contributed by atoms with Crippen LogP contribution in [0.1, 0.15) is 128 Å². The van der Waals surface area contributed by atoms with E-state index >= 15 is 0 Å². The van der Waals surface area contributed by atoms with Crippen LogP contribution < -0.4 is 0 Å². The summed E-state index contributed by atoms with van der Waals surface area (Å²) < 4.78 is 0. The molecule has 0 aliphatic carbocycles. The second kappa shape index (κ2) is 28.6. The molecule has 0 heterocycles. The standard InChI is InChI=1S/C10H14.2C7H14O.C5H12.C2H6/c1-9(2)8-10-6-4-3-5-7-10;2*1-6(2)4-5-7(3)8;1-4-5(2)3;1-2/h3-7,9H,8H2,1-2H3;2*6H,4-5H2,1-3H3;5H,4H2,1-3H3;1-2H3. The summed E-state index contributed by atoms with van der Waals surface area (Å²) in [6, 6.07) is 10.6. The van der Waals surface area contributed by atoms with Gasteiger partial charge in [-0.2, -0.15) is 0 Å². The maximum absolute atomic E-state index is 10.3. The highest BCUT2D eigenvalue weighted by molar-refractivity contribution is 5.75. The Bertz CT molecular complexity index is 491. The zero-order valence-corrected chi connectivity index (χ0v) is 24.8. The van der Waals surface area contributed by atoms with Crippen molar-refractivity contribution >= 4 is 11.6 Å². The van der Waals surface area contributed by atoms with Crippen molar-refractivity contribution < 1.29 is 9.59 Å². The maximum atomic E-state index is 10.3. The van der Waals surface area contributed by atoms with Gasteiger partial charge in [-0.3, -0.25) is 0 Å². The van der Waals surface area contributed by atoms with Gasteiger partial charge in [0.15, 0.2) is 0 Å². The molecule has 0 aromatic heterocycles. The van der Waals surface area contributed by atoms with E-state index in [9.17, 15) is 9.59 Å². The molecule has 0 N–H and O–H groups in total. The van der Waals surface area contributed by atoms with Crippen molar-refractivity contribution in [3.63, 3.8) is 0 Å². The van der Waals surface area contributed by atoms with Gasteiger partial charge in [0.1, 0.15) is 11.6 Å². The minimum atomic E-state index is 0.304. The molecular formula is C31H60O2. The second-order valence-electron chi connectivity index (χ2n) is 10.2. The van der Waals surface area contributed by atoms with E-state index < -0.39 is 0 Å². The lowest BCUT2D eigenvalue weighted by Crippen LogP contribution is -1.93. The molecule has 0 saturated carbocycles. The molecule has 196 valence electrons. The molecule has 0 fully saturated rings. The molecule has 33 heavy (non-hydrogen) atoms. The molecule has 0 atom stereocenters. The number of carbonyl (C=O) groups is 2. The molecule has 1 aromatic carbocycles. The Morgan fingerprint density at radius 2 is 0.970 bits per heavy atom. The molecule has 0 bridgehead atoms. The van der Waals surface area contributed by atoms with Crippen LogP contribution in [0.3, 0.4) is 0 Å². The summed E-state index contributed by atoms with van der Waals surface area (Å²) in [6.07, 6.45) is 6.07. The molecule has 0 amide bonds. The van der Waals surface area contributed by atoms with Crippen LogP contribution in [0.4, 0.5) is 0 Å². The zero-order chi connectivity index (χ0) is 26.8. The van der Waals surface area contributed by atoms with Gasteiger partial charge in [0.05, 0.1) is 0 Å². The van der Waals surface area contributed by atoms with Crippen LogP contribution in [-0.2, 0) is 16.0 Å². The van der Waals surface area contributed by atoms with Crippen molar-refractivity contribution in [1.82, 2.24) is 0 Å². The largest absolute Gasteiger partial charge is 0.300 e. The van der Waals surface area contributed by atoms with Crippen molar-refractivity contribution in [2.75, 3.05) is 0 Å². The van der Waals surface area contributed by atoms with Crippen LogP contribution in [0.15, 0.2) is 30.3 Å². The molecule has 0 aliphatic rings. The summed E-state index contributed by atoms with van der Waals surface area (Å²) in [4.78, 5) is 20.7. The Morgan fingerprint density at radius 1 is 0.636 bits per heavy atom. The number of rotatable bonds is 9. The highest BCUT2D eigenvalue weighted by atomic mass is 16.1. The number of carbonyl (C=O) groups excluding carboxylic acids is 2. The van der Waals surface area contributed by atoms with Crippen LogP contribution >= 0.6 is 0 Å². The molecule has 0 aliphatic heterocycles. The van der Waals surface area contributed by atoms with Gasteiger partial charge in [-0.15, -0.1) is 0 Å². The number of Topliss-reactive ketones (excluding diaryl/α,β-unsaturated/α-hetero) is 2. The summed E-state index contributed by atoms with van der Waals surface area (Å²) in [7, 11) is 0. The Kier molecular flexibility index (Phi) is 33.6. The second-order valence-corrected chi connectivity index (χ2v) is 10.2. The van der Waals surface area contributed by atoms with E-state index in [0.717, 1.165) is 37.5 Å². The molecular weight excluding hydrogens is 404 g/mol. The van der Waals surface area contributed by atoms with E-state index in [2.05, 4.69) is 92.6 Å². The van der Waals surface area contributed by atoms with E-state index in [4.69, 9.17) is 0 Å². The third kappa shape index (κ3) is 49.0. The average molecular weight is 465 g/mol. The van der Waals surface area contributed by atoms with E-state index in [1.807, 2.05) is 13.8 Å². The van der Waals surface area contributed by atoms with Crippen molar-refractivity contribution in [3.05, 3.63) is 35.9 Å². The number of hydrogen-bond donors (Lipinski definition) is 0.